The van der Waals surface area contributed by atoms with E-state index in [2.05, 4.69) is 10.6 Å². The Morgan fingerprint density at radius 1 is 0.969 bits per heavy atom. The Hall–Kier alpha value is -4.19. The second-order valence-electron chi connectivity index (χ2n) is 7.05. The first-order valence-electron chi connectivity index (χ1n) is 10.1. The standard InChI is InChI=1S/C26H24N2O4/c1-32-24-14-13-21(26(31)27-22(18-29)16-20-10-6-3-7-11-20)17-23(24)28-25(30)15-12-19-8-4-2-5-9-19/h2-15,17-18,22H,16H2,1H3,(H,27,31)(H,28,30)/b15-12+/t22-/m0/s1. The molecule has 0 saturated carbocycles. The molecule has 6 heteroatoms. The molecule has 0 bridgehead atoms. The minimum absolute atomic E-state index is 0.299. The predicted octanol–water partition coefficient (Wildman–Crippen LogP) is 3.89. The van der Waals surface area contributed by atoms with Gasteiger partial charge in [0.2, 0.25) is 5.91 Å². The van der Waals surface area contributed by atoms with Crippen LogP contribution >= 0.6 is 0 Å². The van der Waals surface area contributed by atoms with Crippen molar-refractivity contribution in [3.63, 3.8) is 0 Å². The lowest BCUT2D eigenvalue weighted by molar-refractivity contribution is -0.112. The molecule has 0 heterocycles. The van der Waals surface area contributed by atoms with Crippen LogP contribution in [0.1, 0.15) is 21.5 Å². The molecular formula is C26H24N2O4. The Morgan fingerprint density at radius 2 is 1.66 bits per heavy atom. The number of benzene rings is 3. The third-order valence-corrected chi connectivity index (χ3v) is 4.73. The van der Waals surface area contributed by atoms with E-state index in [0.717, 1.165) is 11.1 Å². The number of amides is 2. The zero-order chi connectivity index (χ0) is 22.8. The molecule has 0 fully saturated rings. The molecule has 3 rings (SSSR count). The second kappa shape index (κ2) is 11.3. The number of rotatable bonds is 9. The maximum Gasteiger partial charge on any atom is 0.251 e. The summed E-state index contributed by atoms with van der Waals surface area (Å²) < 4.78 is 5.30. The lowest BCUT2D eigenvalue weighted by Crippen LogP contribution is -2.37. The first-order chi connectivity index (χ1) is 15.6. The van der Waals surface area contributed by atoms with Gasteiger partial charge in [-0.05, 0) is 41.8 Å². The number of hydrogen-bond acceptors (Lipinski definition) is 4. The highest BCUT2D eigenvalue weighted by atomic mass is 16.5. The van der Waals surface area contributed by atoms with E-state index >= 15 is 0 Å². The molecule has 1 atom stereocenters. The molecule has 162 valence electrons. The second-order valence-corrected chi connectivity index (χ2v) is 7.05. The minimum Gasteiger partial charge on any atom is -0.495 e. The molecular weight excluding hydrogens is 404 g/mol. The Labute approximate surface area is 186 Å². The molecule has 0 aliphatic carbocycles. The summed E-state index contributed by atoms with van der Waals surface area (Å²) >= 11 is 0. The molecule has 0 aromatic heterocycles. The Morgan fingerprint density at radius 3 is 2.31 bits per heavy atom. The van der Waals surface area contributed by atoms with Crippen LogP contribution in [-0.2, 0) is 16.0 Å². The van der Waals surface area contributed by atoms with E-state index in [1.807, 2.05) is 60.7 Å². The van der Waals surface area contributed by atoms with Crippen LogP contribution in [0.4, 0.5) is 5.69 Å². The maximum absolute atomic E-state index is 12.7. The van der Waals surface area contributed by atoms with Gasteiger partial charge in [0.25, 0.3) is 5.91 Å². The number of carbonyl (C=O) groups is 3. The molecule has 3 aromatic rings. The molecule has 0 saturated heterocycles. The van der Waals surface area contributed by atoms with E-state index in [-0.39, 0.29) is 5.91 Å². The van der Waals surface area contributed by atoms with Crippen LogP contribution in [0.2, 0.25) is 0 Å². The average molecular weight is 428 g/mol. The van der Waals surface area contributed by atoms with Crippen LogP contribution in [0.3, 0.4) is 0 Å². The van der Waals surface area contributed by atoms with Gasteiger partial charge in [-0.25, -0.2) is 0 Å². The molecule has 2 amide bonds. The van der Waals surface area contributed by atoms with Crippen molar-refractivity contribution in [2.75, 3.05) is 12.4 Å². The minimum atomic E-state index is -0.668. The lowest BCUT2D eigenvalue weighted by Gasteiger charge is -2.15. The van der Waals surface area contributed by atoms with E-state index in [4.69, 9.17) is 4.74 Å². The van der Waals surface area contributed by atoms with Crippen LogP contribution in [0.25, 0.3) is 6.08 Å². The first-order valence-corrected chi connectivity index (χ1v) is 10.1. The van der Waals surface area contributed by atoms with E-state index in [1.165, 1.54) is 19.3 Å². The molecule has 3 aromatic carbocycles. The average Bonchev–Trinajstić information content (AvgIpc) is 2.83. The Kier molecular flexibility index (Phi) is 7.92. The smallest absolute Gasteiger partial charge is 0.251 e. The van der Waals surface area contributed by atoms with Gasteiger partial charge in [0, 0.05) is 11.6 Å². The van der Waals surface area contributed by atoms with Crippen molar-refractivity contribution in [2.24, 2.45) is 0 Å². The summed E-state index contributed by atoms with van der Waals surface area (Å²) in [5.41, 5.74) is 2.49. The molecule has 32 heavy (non-hydrogen) atoms. The normalized spacial score (nSPS) is 11.5. The highest BCUT2D eigenvalue weighted by Gasteiger charge is 2.16. The number of ether oxygens (including phenoxy) is 1. The topological polar surface area (TPSA) is 84.5 Å². The van der Waals surface area contributed by atoms with Crippen molar-refractivity contribution in [1.29, 1.82) is 0 Å². The zero-order valence-electron chi connectivity index (χ0n) is 17.7. The highest BCUT2D eigenvalue weighted by Crippen LogP contribution is 2.25. The fraction of sp³-hybridized carbons (Fsp3) is 0.115. The third-order valence-electron chi connectivity index (χ3n) is 4.73. The van der Waals surface area contributed by atoms with Gasteiger partial charge in [0.05, 0.1) is 18.8 Å². The summed E-state index contributed by atoms with van der Waals surface area (Å²) in [4.78, 5) is 36.6. The summed E-state index contributed by atoms with van der Waals surface area (Å²) in [6.45, 7) is 0. The molecule has 0 aliphatic heterocycles. The van der Waals surface area contributed by atoms with Crippen molar-refractivity contribution in [3.8, 4) is 5.75 Å². The van der Waals surface area contributed by atoms with Gasteiger partial charge in [0.15, 0.2) is 0 Å². The van der Waals surface area contributed by atoms with Crippen LogP contribution < -0.4 is 15.4 Å². The molecule has 0 unspecified atom stereocenters. The molecule has 2 N–H and O–H groups in total. The number of carbonyl (C=O) groups excluding carboxylic acids is 3. The molecule has 0 radical (unpaired) electrons. The lowest BCUT2D eigenvalue weighted by atomic mass is 10.1. The van der Waals surface area contributed by atoms with Crippen LogP contribution in [0.5, 0.6) is 5.75 Å². The molecule has 6 nitrogen and oxygen atoms in total. The predicted molar refractivity (Wildman–Crippen MR) is 125 cm³/mol. The number of nitrogens with one attached hydrogen (secondary N) is 2. The van der Waals surface area contributed by atoms with E-state index in [1.54, 1.807) is 18.2 Å². The summed E-state index contributed by atoms with van der Waals surface area (Å²) in [6, 6.07) is 22.9. The van der Waals surface area contributed by atoms with Crippen molar-refractivity contribution in [3.05, 3.63) is 102 Å². The van der Waals surface area contributed by atoms with E-state index < -0.39 is 11.9 Å². The van der Waals surface area contributed by atoms with Gasteiger partial charge in [0.1, 0.15) is 12.0 Å². The van der Waals surface area contributed by atoms with Crippen molar-refractivity contribution < 1.29 is 19.1 Å². The SMILES string of the molecule is COc1ccc(C(=O)N[C@H](C=O)Cc2ccccc2)cc1NC(=O)/C=C/c1ccccc1. The first kappa shape index (κ1) is 22.5. The van der Waals surface area contributed by atoms with Crippen LogP contribution in [-0.4, -0.2) is 31.3 Å². The van der Waals surface area contributed by atoms with Gasteiger partial charge in [-0.15, -0.1) is 0 Å². The summed E-state index contributed by atoms with van der Waals surface area (Å²) in [5, 5.41) is 5.46. The van der Waals surface area contributed by atoms with E-state index in [0.29, 0.717) is 29.7 Å². The van der Waals surface area contributed by atoms with Gasteiger partial charge in [-0.2, -0.15) is 0 Å². The summed E-state index contributed by atoms with van der Waals surface area (Å²) in [7, 11) is 1.48. The number of anilines is 1. The summed E-state index contributed by atoms with van der Waals surface area (Å²) in [6.07, 6.45) is 4.20. The number of aldehydes is 1. The fourth-order valence-corrected chi connectivity index (χ4v) is 3.11. The van der Waals surface area contributed by atoms with Crippen molar-refractivity contribution >= 4 is 29.9 Å². The quantitative estimate of drug-likeness (QED) is 0.400. The maximum atomic E-state index is 12.7. The Bertz CT molecular complexity index is 1100. The Balaban J connectivity index is 1.70. The van der Waals surface area contributed by atoms with Crippen molar-refractivity contribution in [2.45, 2.75) is 12.5 Å². The molecule has 0 aliphatic rings. The number of hydrogen-bond donors (Lipinski definition) is 2. The summed E-state index contributed by atoms with van der Waals surface area (Å²) in [5.74, 6) is -0.366. The fourth-order valence-electron chi connectivity index (χ4n) is 3.11. The van der Waals surface area contributed by atoms with E-state index in [9.17, 15) is 14.4 Å². The highest BCUT2D eigenvalue weighted by molar-refractivity contribution is 6.04. The number of methoxy groups -OCH3 is 1. The van der Waals surface area contributed by atoms with Crippen LogP contribution in [0.15, 0.2) is 84.9 Å². The zero-order valence-corrected chi connectivity index (χ0v) is 17.7. The van der Waals surface area contributed by atoms with Gasteiger partial charge in [-0.1, -0.05) is 60.7 Å². The van der Waals surface area contributed by atoms with Gasteiger partial charge < -0.3 is 20.2 Å². The van der Waals surface area contributed by atoms with Gasteiger partial charge in [-0.3, -0.25) is 9.59 Å². The van der Waals surface area contributed by atoms with Crippen molar-refractivity contribution in [1.82, 2.24) is 5.32 Å². The molecule has 0 spiro atoms. The third kappa shape index (κ3) is 6.40. The monoisotopic (exact) mass is 428 g/mol. The van der Waals surface area contributed by atoms with Crippen LogP contribution in [0, 0.1) is 0 Å². The largest absolute Gasteiger partial charge is 0.495 e. The van der Waals surface area contributed by atoms with Gasteiger partial charge >= 0.3 is 0 Å².